The van der Waals surface area contributed by atoms with Crippen LogP contribution in [0.4, 0.5) is 0 Å². The highest BCUT2D eigenvalue weighted by Crippen LogP contribution is 2.23. The quantitative estimate of drug-likeness (QED) is 0.819. The van der Waals surface area contributed by atoms with Gasteiger partial charge < -0.3 is 10.1 Å². The Morgan fingerprint density at radius 1 is 1.11 bits per heavy atom. The lowest BCUT2D eigenvalue weighted by Gasteiger charge is -2.26. The number of nitrogens with one attached hydrogen (secondary N) is 1. The summed E-state index contributed by atoms with van der Waals surface area (Å²) in [5.41, 5.74) is 1.28. The Bertz CT molecular complexity index is 347. The minimum absolute atomic E-state index is 0.329. The van der Waals surface area contributed by atoms with Crippen molar-refractivity contribution in [3.63, 3.8) is 0 Å². The minimum atomic E-state index is 0.329. The summed E-state index contributed by atoms with van der Waals surface area (Å²) in [5.74, 6) is 1.01. The predicted octanol–water partition coefficient (Wildman–Crippen LogP) is 3.68. The summed E-state index contributed by atoms with van der Waals surface area (Å²) < 4.78 is 6.19. The maximum atomic E-state index is 6.19. The molecule has 2 rings (SSSR count). The molecule has 2 atom stereocenters. The molecule has 0 bridgehead atoms. The van der Waals surface area contributed by atoms with Gasteiger partial charge in [-0.05, 0) is 44.9 Å². The first-order chi connectivity index (χ1) is 8.79. The minimum Gasteiger partial charge on any atom is -0.489 e. The number of aryl methyl sites for hydroxylation is 1. The van der Waals surface area contributed by atoms with Crippen LogP contribution in [0.15, 0.2) is 24.3 Å². The molecular weight excluding hydrogens is 222 g/mol. The van der Waals surface area contributed by atoms with Crippen molar-refractivity contribution in [1.29, 1.82) is 0 Å². The summed E-state index contributed by atoms with van der Waals surface area (Å²) >= 11 is 0. The van der Waals surface area contributed by atoms with E-state index in [4.69, 9.17) is 4.74 Å². The summed E-state index contributed by atoms with van der Waals surface area (Å²) in [7, 11) is 0. The van der Waals surface area contributed by atoms with Crippen LogP contribution >= 0.6 is 0 Å². The lowest BCUT2D eigenvalue weighted by atomic mass is 10.1. The summed E-state index contributed by atoms with van der Waals surface area (Å²) in [5, 5.41) is 3.58. The van der Waals surface area contributed by atoms with Crippen molar-refractivity contribution < 1.29 is 4.74 Å². The highest BCUT2D eigenvalue weighted by atomic mass is 16.5. The van der Waals surface area contributed by atoms with Gasteiger partial charge in [0.15, 0.2) is 0 Å². The lowest BCUT2D eigenvalue weighted by molar-refractivity contribution is 0.145. The Balaban J connectivity index is 2.01. The van der Waals surface area contributed by atoms with Crippen molar-refractivity contribution in [3.05, 3.63) is 29.8 Å². The van der Waals surface area contributed by atoms with E-state index in [0.29, 0.717) is 12.1 Å². The van der Waals surface area contributed by atoms with Crippen molar-refractivity contribution in [2.75, 3.05) is 6.54 Å². The van der Waals surface area contributed by atoms with Gasteiger partial charge in [-0.2, -0.15) is 0 Å². The van der Waals surface area contributed by atoms with Gasteiger partial charge in [0.25, 0.3) is 0 Å². The van der Waals surface area contributed by atoms with Crippen LogP contribution in [0.5, 0.6) is 5.75 Å². The molecule has 0 radical (unpaired) electrons. The number of hydrogen-bond acceptors (Lipinski definition) is 2. The molecule has 0 aromatic heterocycles. The Hall–Kier alpha value is -1.02. The average molecular weight is 247 g/mol. The van der Waals surface area contributed by atoms with Gasteiger partial charge in [0, 0.05) is 6.04 Å². The molecule has 0 saturated heterocycles. The fourth-order valence-electron chi connectivity index (χ4n) is 2.70. The van der Waals surface area contributed by atoms with Crippen molar-refractivity contribution in [1.82, 2.24) is 5.32 Å². The van der Waals surface area contributed by atoms with Crippen LogP contribution < -0.4 is 10.1 Å². The second kappa shape index (κ2) is 6.79. The van der Waals surface area contributed by atoms with E-state index < -0.39 is 0 Å². The molecule has 0 spiro atoms. The van der Waals surface area contributed by atoms with Crippen LogP contribution in [0.2, 0.25) is 0 Å². The van der Waals surface area contributed by atoms with Gasteiger partial charge >= 0.3 is 0 Å². The molecule has 0 amide bonds. The molecule has 0 heterocycles. The van der Waals surface area contributed by atoms with Crippen molar-refractivity contribution in [3.8, 4) is 5.75 Å². The van der Waals surface area contributed by atoms with Crippen LogP contribution in [0.3, 0.4) is 0 Å². The van der Waals surface area contributed by atoms with Gasteiger partial charge in [-0.1, -0.05) is 37.5 Å². The molecule has 1 N–H and O–H groups in total. The van der Waals surface area contributed by atoms with E-state index in [-0.39, 0.29) is 0 Å². The largest absolute Gasteiger partial charge is 0.489 e. The van der Waals surface area contributed by atoms with Crippen molar-refractivity contribution in [2.45, 2.75) is 58.1 Å². The standard InChI is InChI=1S/C16H25NO/c1-3-17-15-7-5-4-6-8-16(15)18-14-11-9-13(2)10-12-14/h9-12,15-17H,3-8H2,1-2H3. The van der Waals surface area contributed by atoms with Gasteiger partial charge in [-0.25, -0.2) is 0 Å². The highest BCUT2D eigenvalue weighted by molar-refractivity contribution is 5.26. The van der Waals surface area contributed by atoms with Crippen LogP contribution in [-0.2, 0) is 0 Å². The fraction of sp³-hybridized carbons (Fsp3) is 0.625. The molecule has 2 nitrogen and oxygen atoms in total. The molecule has 100 valence electrons. The molecule has 2 heteroatoms. The van der Waals surface area contributed by atoms with Crippen LogP contribution in [-0.4, -0.2) is 18.7 Å². The van der Waals surface area contributed by atoms with Gasteiger partial charge in [0.05, 0.1) is 0 Å². The van der Waals surface area contributed by atoms with Gasteiger partial charge in [0.1, 0.15) is 11.9 Å². The van der Waals surface area contributed by atoms with E-state index in [1.807, 2.05) is 0 Å². The van der Waals surface area contributed by atoms with E-state index in [0.717, 1.165) is 12.3 Å². The van der Waals surface area contributed by atoms with E-state index in [9.17, 15) is 0 Å². The van der Waals surface area contributed by atoms with Gasteiger partial charge in [0.2, 0.25) is 0 Å². The predicted molar refractivity (Wildman–Crippen MR) is 76.1 cm³/mol. The van der Waals surface area contributed by atoms with E-state index in [2.05, 4.69) is 43.4 Å². The summed E-state index contributed by atoms with van der Waals surface area (Å²) in [6.45, 7) is 5.31. The molecule has 1 saturated carbocycles. The summed E-state index contributed by atoms with van der Waals surface area (Å²) in [6, 6.07) is 8.92. The number of benzene rings is 1. The molecule has 1 aromatic carbocycles. The SMILES string of the molecule is CCNC1CCCCCC1Oc1ccc(C)cc1. The number of likely N-dealkylation sites (N-methyl/N-ethyl adjacent to an activating group) is 1. The Kier molecular flexibility index (Phi) is 5.06. The first-order valence-electron chi connectivity index (χ1n) is 7.26. The third-order valence-corrected chi connectivity index (χ3v) is 3.73. The third-order valence-electron chi connectivity index (χ3n) is 3.73. The van der Waals surface area contributed by atoms with Gasteiger partial charge in [-0.15, -0.1) is 0 Å². The van der Waals surface area contributed by atoms with E-state index >= 15 is 0 Å². The third kappa shape index (κ3) is 3.74. The zero-order chi connectivity index (χ0) is 12.8. The van der Waals surface area contributed by atoms with Crippen molar-refractivity contribution >= 4 is 0 Å². The maximum absolute atomic E-state index is 6.19. The van der Waals surface area contributed by atoms with E-state index in [1.54, 1.807) is 0 Å². The molecule has 0 aliphatic heterocycles. The second-order valence-electron chi connectivity index (χ2n) is 5.27. The molecule has 1 aromatic rings. The summed E-state index contributed by atoms with van der Waals surface area (Å²) in [4.78, 5) is 0. The summed E-state index contributed by atoms with van der Waals surface area (Å²) in [6.07, 6.45) is 6.70. The first-order valence-corrected chi connectivity index (χ1v) is 7.26. The normalized spacial score (nSPS) is 24.6. The zero-order valence-electron chi connectivity index (χ0n) is 11.6. The number of rotatable bonds is 4. The fourth-order valence-corrected chi connectivity index (χ4v) is 2.70. The van der Waals surface area contributed by atoms with Crippen LogP contribution in [0.25, 0.3) is 0 Å². The second-order valence-corrected chi connectivity index (χ2v) is 5.27. The Morgan fingerprint density at radius 2 is 1.83 bits per heavy atom. The lowest BCUT2D eigenvalue weighted by Crippen LogP contribution is -2.42. The Morgan fingerprint density at radius 3 is 2.56 bits per heavy atom. The van der Waals surface area contributed by atoms with E-state index in [1.165, 1.54) is 37.7 Å². The molecule has 1 fully saturated rings. The average Bonchev–Trinajstić information content (AvgIpc) is 2.59. The number of hydrogen-bond donors (Lipinski definition) is 1. The van der Waals surface area contributed by atoms with Crippen LogP contribution in [0, 0.1) is 6.92 Å². The maximum Gasteiger partial charge on any atom is 0.119 e. The van der Waals surface area contributed by atoms with Crippen molar-refractivity contribution in [2.24, 2.45) is 0 Å². The smallest absolute Gasteiger partial charge is 0.119 e. The topological polar surface area (TPSA) is 21.3 Å². The molecule has 1 aliphatic carbocycles. The first kappa shape index (κ1) is 13.4. The molecule has 18 heavy (non-hydrogen) atoms. The van der Waals surface area contributed by atoms with Crippen LogP contribution in [0.1, 0.15) is 44.6 Å². The molecule has 1 aliphatic rings. The highest BCUT2D eigenvalue weighted by Gasteiger charge is 2.24. The molecule has 2 unspecified atom stereocenters. The number of ether oxygens (including phenoxy) is 1. The molecular formula is C16H25NO. The monoisotopic (exact) mass is 247 g/mol. The van der Waals surface area contributed by atoms with Gasteiger partial charge in [-0.3, -0.25) is 0 Å². The Labute approximate surface area is 111 Å². The zero-order valence-corrected chi connectivity index (χ0v) is 11.6.